The van der Waals surface area contributed by atoms with Crippen LogP contribution in [0.25, 0.3) is 55.6 Å². The van der Waals surface area contributed by atoms with Gasteiger partial charge in [0.05, 0.1) is 0 Å². The number of aryl methyl sites for hydroxylation is 2. The Hall–Kier alpha value is -5.93. The summed E-state index contributed by atoms with van der Waals surface area (Å²) in [4.78, 5) is 2.29. The first-order valence-corrected chi connectivity index (χ1v) is 24.8. The van der Waals surface area contributed by atoms with E-state index in [0.29, 0.717) is 0 Å². The van der Waals surface area contributed by atoms with Crippen molar-refractivity contribution in [3.8, 4) is 55.6 Å². The summed E-state index contributed by atoms with van der Waals surface area (Å²) in [7, 11) is 7.25. The fourth-order valence-corrected chi connectivity index (χ4v) is 7.32. The Kier molecular flexibility index (Phi) is 19.8. The summed E-state index contributed by atoms with van der Waals surface area (Å²) < 4.78 is 0. The summed E-state index contributed by atoms with van der Waals surface area (Å²) in [5.74, 6) is 0. The average Bonchev–Trinajstić information content (AvgIpc) is 3.37. The fraction of sp³-hybridized carbons (Fsp3) is 0.0847. The Balaban J connectivity index is 0.000000251. The van der Waals surface area contributed by atoms with Gasteiger partial charge in [-0.3, -0.25) is 0 Å². The van der Waals surface area contributed by atoms with Gasteiger partial charge in [-0.15, -0.1) is 27.7 Å². The van der Waals surface area contributed by atoms with E-state index in [4.69, 9.17) is 0 Å². The van der Waals surface area contributed by atoms with Gasteiger partial charge in [-0.1, -0.05) is 213 Å². The summed E-state index contributed by atoms with van der Waals surface area (Å²) in [5.41, 5.74) is 18.4. The van der Waals surface area contributed by atoms with E-state index in [2.05, 4.69) is 277 Å². The van der Waals surface area contributed by atoms with Gasteiger partial charge in [0.15, 0.2) is 0 Å². The second-order valence-electron chi connectivity index (χ2n) is 14.4. The lowest BCUT2D eigenvalue weighted by atomic mass is 9.96. The molecule has 0 radical (unpaired) electrons. The molecule has 316 valence electrons. The van der Waals surface area contributed by atoms with Crippen LogP contribution in [0.1, 0.15) is 11.1 Å². The summed E-state index contributed by atoms with van der Waals surface area (Å²) in [6.45, 7) is 10.0. The first-order chi connectivity index (χ1) is 31.1. The highest BCUT2D eigenvalue weighted by Crippen LogP contribution is 2.36. The minimum atomic E-state index is 1.13. The molecule has 0 amide bonds. The Morgan fingerprint density at radius 1 is 0.222 bits per heavy atom. The SMILES string of the molecule is CP.CP.CP.Cc1cccc(-c2cccc(-c3cccc(-c4ccc(N(c5ccccc5)c5ccccc5)cc4)c3)c2)c1.Cc1cccc(-c2cccc(-c3ccccc3)c2)c1. The molecule has 3 atom stereocenters. The lowest BCUT2D eigenvalue weighted by Gasteiger charge is -2.25. The third-order valence-corrected chi connectivity index (χ3v) is 10.2. The van der Waals surface area contributed by atoms with Crippen molar-refractivity contribution in [2.24, 2.45) is 0 Å². The lowest BCUT2D eigenvalue weighted by molar-refractivity contribution is 1.28. The molecule has 0 heterocycles. The molecule has 9 aromatic carbocycles. The predicted octanol–water partition coefficient (Wildman–Crippen LogP) is 17.3. The molecule has 0 saturated carbocycles. The second kappa shape index (κ2) is 25.9. The van der Waals surface area contributed by atoms with Crippen molar-refractivity contribution in [3.63, 3.8) is 0 Å². The van der Waals surface area contributed by atoms with E-state index >= 15 is 0 Å². The molecule has 0 N–H and O–H groups in total. The van der Waals surface area contributed by atoms with Crippen LogP contribution >= 0.6 is 27.7 Å². The maximum atomic E-state index is 2.42. The van der Waals surface area contributed by atoms with Gasteiger partial charge in [-0.2, -0.15) is 0 Å². The second-order valence-corrected chi connectivity index (χ2v) is 14.4. The Bertz CT molecular complexity index is 2660. The van der Waals surface area contributed by atoms with Crippen molar-refractivity contribution in [2.45, 2.75) is 13.8 Å². The molecule has 9 rings (SSSR count). The van der Waals surface area contributed by atoms with Gasteiger partial charge in [-0.05, 0) is 124 Å². The van der Waals surface area contributed by atoms with Gasteiger partial charge in [0, 0.05) is 17.1 Å². The Morgan fingerprint density at radius 2 is 0.460 bits per heavy atom. The van der Waals surface area contributed by atoms with E-state index in [9.17, 15) is 0 Å². The van der Waals surface area contributed by atoms with Gasteiger partial charge in [0.2, 0.25) is 0 Å². The molecule has 0 fully saturated rings. The summed E-state index contributed by atoms with van der Waals surface area (Å²) in [6, 6.07) is 84.0. The highest BCUT2D eigenvalue weighted by atomic mass is 31.0. The maximum absolute atomic E-state index is 2.42. The fourth-order valence-electron chi connectivity index (χ4n) is 7.32. The van der Waals surface area contributed by atoms with Gasteiger partial charge in [0.25, 0.3) is 0 Å². The van der Waals surface area contributed by atoms with Crippen molar-refractivity contribution >= 4 is 44.8 Å². The van der Waals surface area contributed by atoms with Gasteiger partial charge >= 0.3 is 0 Å². The zero-order valence-electron chi connectivity index (χ0n) is 37.2. The number of para-hydroxylation sites is 2. The molecule has 63 heavy (non-hydrogen) atoms. The van der Waals surface area contributed by atoms with Crippen LogP contribution in [-0.4, -0.2) is 20.0 Å². The van der Waals surface area contributed by atoms with Crippen LogP contribution in [0.5, 0.6) is 0 Å². The van der Waals surface area contributed by atoms with Crippen LogP contribution in [0.15, 0.2) is 237 Å². The zero-order valence-corrected chi connectivity index (χ0v) is 40.7. The largest absolute Gasteiger partial charge is 0.311 e. The Labute approximate surface area is 384 Å². The van der Waals surface area contributed by atoms with E-state index in [1.165, 1.54) is 66.8 Å². The van der Waals surface area contributed by atoms with Crippen LogP contribution < -0.4 is 4.90 Å². The lowest BCUT2D eigenvalue weighted by Crippen LogP contribution is -2.09. The van der Waals surface area contributed by atoms with Crippen molar-refractivity contribution in [2.75, 3.05) is 24.9 Å². The summed E-state index contributed by atoms with van der Waals surface area (Å²) in [5, 5.41) is 0. The molecule has 3 unspecified atom stereocenters. The first-order valence-electron chi connectivity index (χ1n) is 21.3. The van der Waals surface area contributed by atoms with Crippen LogP contribution in [0, 0.1) is 13.8 Å². The molecule has 0 aliphatic carbocycles. The van der Waals surface area contributed by atoms with E-state index in [1.54, 1.807) is 0 Å². The number of anilines is 3. The molecular weight excluding hydrogens is 816 g/mol. The van der Waals surface area contributed by atoms with Crippen molar-refractivity contribution in [1.82, 2.24) is 0 Å². The molecule has 0 aliphatic rings. The van der Waals surface area contributed by atoms with Gasteiger partial charge in [0.1, 0.15) is 0 Å². The normalized spacial score (nSPS) is 9.90. The summed E-state index contributed by atoms with van der Waals surface area (Å²) in [6.07, 6.45) is 0. The number of hydrogen-bond acceptors (Lipinski definition) is 1. The quantitative estimate of drug-likeness (QED) is 0.138. The number of nitrogens with zero attached hydrogens (tertiary/aromatic N) is 1. The summed E-state index contributed by atoms with van der Waals surface area (Å²) >= 11 is 0. The highest BCUT2D eigenvalue weighted by molar-refractivity contribution is 7.15. The van der Waals surface area contributed by atoms with Crippen LogP contribution in [0.2, 0.25) is 0 Å². The minimum absolute atomic E-state index is 1.13. The molecule has 0 saturated heterocycles. The molecule has 0 aliphatic heterocycles. The molecule has 1 nitrogen and oxygen atoms in total. The molecule has 0 aromatic heterocycles. The molecule has 9 aromatic rings. The first kappa shape index (κ1) is 48.1. The average molecular weight is 876 g/mol. The third-order valence-electron chi connectivity index (χ3n) is 10.2. The number of hydrogen-bond donors (Lipinski definition) is 0. The molecule has 0 spiro atoms. The van der Waals surface area contributed by atoms with E-state index < -0.39 is 0 Å². The van der Waals surface area contributed by atoms with Gasteiger partial charge < -0.3 is 4.90 Å². The smallest absolute Gasteiger partial charge is 0.0462 e. The maximum Gasteiger partial charge on any atom is 0.0462 e. The topological polar surface area (TPSA) is 3.24 Å². The number of benzene rings is 9. The van der Waals surface area contributed by atoms with Gasteiger partial charge in [-0.25, -0.2) is 0 Å². The van der Waals surface area contributed by atoms with Crippen LogP contribution in [0.4, 0.5) is 17.1 Å². The Morgan fingerprint density at radius 3 is 0.794 bits per heavy atom. The van der Waals surface area contributed by atoms with Crippen LogP contribution in [0.3, 0.4) is 0 Å². The highest BCUT2D eigenvalue weighted by Gasteiger charge is 2.12. The van der Waals surface area contributed by atoms with Crippen LogP contribution in [-0.2, 0) is 0 Å². The monoisotopic (exact) mass is 875 g/mol. The molecular formula is C59H60NP3. The molecule has 4 heteroatoms. The van der Waals surface area contributed by atoms with Crippen molar-refractivity contribution < 1.29 is 0 Å². The van der Waals surface area contributed by atoms with Crippen molar-refractivity contribution in [3.05, 3.63) is 248 Å². The minimum Gasteiger partial charge on any atom is -0.311 e. The third kappa shape index (κ3) is 13.5. The van der Waals surface area contributed by atoms with E-state index in [1.807, 2.05) is 26.1 Å². The van der Waals surface area contributed by atoms with Crippen molar-refractivity contribution in [1.29, 1.82) is 0 Å². The molecule has 0 bridgehead atoms. The predicted molar refractivity (Wildman–Crippen MR) is 291 cm³/mol. The van der Waals surface area contributed by atoms with E-state index in [-0.39, 0.29) is 0 Å². The standard InChI is InChI=1S/C37H29N.C19H16.3CH5P/c1-28-11-8-12-30(25-28)32-14-10-16-34(27-32)33-15-9-13-31(26-33)29-21-23-37(24-22-29)38(35-17-4-2-5-18-35)36-19-6-3-7-20-36;1-15-7-5-10-17(13-15)19-12-6-11-18(14-19)16-8-3-2-4-9-16;3*1-2/h2-27H,1H3;2-14H,1H3;3*2H2,1H3. The van der Waals surface area contributed by atoms with E-state index in [0.717, 1.165) is 17.1 Å². The zero-order chi connectivity index (χ0) is 44.8. The number of rotatable bonds is 8.